The summed E-state index contributed by atoms with van der Waals surface area (Å²) in [5.74, 6) is 1.38. The van der Waals surface area contributed by atoms with E-state index in [1.165, 1.54) is 0 Å². The first-order valence-electron chi connectivity index (χ1n) is 8.29. The highest BCUT2D eigenvalue weighted by Gasteiger charge is 2.34. The van der Waals surface area contributed by atoms with Crippen LogP contribution in [-0.2, 0) is 4.79 Å². The summed E-state index contributed by atoms with van der Waals surface area (Å²) in [6.07, 6.45) is 1.45. The first-order chi connectivity index (χ1) is 11.0. The molecule has 0 aliphatic heterocycles. The molecule has 0 aliphatic rings. The Morgan fingerprint density at radius 3 is 2.33 bits per heavy atom. The number of nitrogens with two attached hydrogens (primary N) is 1. The standard InChI is InChI=1S/C18H30N2O3.ClH/c1-6-18(7-2,12-19)17(21)20-13(4)14-9-10-15(23-8-3)16(11-14)22-5;/h9-11,13H,6-8,12,19H2,1-5H3,(H,20,21);1H. The summed E-state index contributed by atoms with van der Waals surface area (Å²) in [6.45, 7) is 8.82. The molecule has 0 heterocycles. The highest BCUT2D eigenvalue weighted by Crippen LogP contribution is 2.31. The number of carbonyl (C=O) groups excluding carboxylic acids is 1. The van der Waals surface area contributed by atoms with Crippen molar-refractivity contribution in [2.24, 2.45) is 11.1 Å². The number of amides is 1. The first kappa shape index (κ1) is 22.5. The Hall–Kier alpha value is -1.46. The van der Waals surface area contributed by atoms with Gasteiger partial charge >= 0.3 is 0 Å². The maximum atomic E-state index is 12.6. The molecule has 0 spiro atoms. The molecular formula is C18H31ClN2O3. The molecule has 1 amide bonds. The Labute approximate surface area is 151 Å². The predicted octanol–water partition coefficient (Wildman–Crippen LogP) is 3.46. The summed E-state index contributed by atoms with van der Waals surface area (Å²) in [5, 5.41) is 3.08. The normalized spacial score (nSPS) is 12.1. The number of methoxy groups -OCH3 is 1. The molecule has 1 aromatic rings. The predicted molar refractivity (Wildman–Crippen MR) is 100 cm³/mol. The van der Waals surface area contributed by atoms with E-state index in [1.807, 2.05) is 45.9 Å². The van der Waals surface area contributed by atoms with E-state index >= 15 is 0 Å². The second-order valence-corrected chi connectivity index (χ2v) is 5.73. The Bertz CT molecular complexity index is 511. The van der Waals surface area contributed by atoms with Crippen LogP contribution < -0.4 is 20.5 Å². The lowest BCUT2D eigenvalue weighted by Gasteiger charge is -2.30. The number of ether oxygens (including phenoxy) is 2. The molecule has 0 bridgehead atoms. The van der Waals surface area contributed by atoms with Gasteiger partial charge in [0.25, 0.3) is 0 Å². The van der Waals surface area contributed by atoms with Crippen molar-refractivity contribution in [3.05, 3.63) is 23.8 Å². The summed E-state index contributed by atoms with van der Waals surface area (Å²) in [4.78, 5) is 12.6. The molecule has 0 aromatic heterocycles. The van der Waals surface area contributed by atoms with Gasteiger partial charge in [0.2, 0.25) is 5.91 Å². The van der Waals surface area contributed by atoms with Gasteiger partial charge in [-0.15, -0.1) is 12.4 Å². The smallest absolute Gasteiger partial charge is 0.227 e. The number of halogens is 1. The zero-order valence-electron chi connectivity index (χ0n) is 15.3. The number of hydrogen-bond acceptors (Lipinski definition) is 4. The van der Waals surface area contributed by atoms with Crippen molar-refractivity contribution in [3.8, 4) is 11.5 Å². The first-order valence-corrected chi connectivity index (χ1v) is 8.29. The molecule has 0 radical (unpaired) electrons. The number of nitrogens with one attached hydrogen (secondary N) is 1. The van der Waals surface area contributed by atoms with Crippen molar-refractivity contribution >= 4 is 18.3 Å². The molecule has 5 nitrogen and oxygen atoms in total. The summed E-state index contributed by atoms with van der Waals surface area (Å²) in [6, 6.07) is 5.59. The monoisotopic (exact) mass is 358 g/mol. The molecule has 0 saturated heterocycles. The van der Waals surface area contributed by atoms with Crippen molar-refractivity contribution in [3.63, 3.8) is 0 Å². The Balaban J connectivity index is 0.00000529. The van der Waals surface area contributed by atoms with E-state index < -0.39 is 5.41 Å². The van der Waals surface area contributed by atoms with Gasteiger partial charge < -0.3 is 20.5 Å². The van der Waals surface area contributed by atoms with Crippen LogP contribution in [0.25, 0.3) is 0 Å². The van der Waals surface area contributed by atoms with Crippen LogP contribution in [-0.4, -0.2) is 26.2 Å². The SMILES string of the molecule is CCOc1ccc(C(C)NC(=O)C(CC)(CC)CN)cc1OC.Cl. The van der Waals surface area contributed by atoms with E-state index in [9.17, 15) is 4.79 Å². The van der Waals surface area contributed by atoms with Crippen molar-refractivity contribution in [2.75, 3.05) is 20.3 Å². The number of hydrogen-bond donors (Lipinski definition) is 2. The Kier molecular flexibility index (Phi) is 9.78. The molecular weight excluding hydrogens is 328 g/mol. The van der Waals surface area contributed by atoms with Crippen LogP contribution in [0, 0.1) is 5.41 Å². The average molecular weight is 359 g/mol. The van der Waals surface area contributed by atoms with E-state index in [0.29, 0.717) is 24.7 Å². The Morgan fingerprint density at radius 2 is 1.88 bits per heavy atom. The highest BCUT2D eigenvalue weighted by atomic mass is 35.5. The van der Waals surface area contributed by atoms with Gasteiger partial charge in [-0.3, -0.25) is 4.79 Å². The minimum absolute atomic E-state index is 0. The molecule has 138 valence electrons. The van der Waals surface area contributed by atoms with Crippen LogP contribution >= 0.6 is 12.4 Å². The van der Waals surface area contributed by atoms with Crippen molar-refractivity contribution < 1.29 is 14.3 Å². The molecule has 0 aliphatic carbocycles. The number of benzene rings is 1. The van der Waals surface area contributed by atoms with E-state index in [1.54, 1.807) is 7.11 Å². The van der Waals surface area contributed by atoms with Gasteiger partial charge in [0.1, 0.15) is 0 Å². The van der Waals surface area contributed by atoms with Crippen molar-refractivity contribution in [2.45, 2.75) is 46.6 Å². The van der Waals surface area contributed by atoms with Crippen molar-refractivity contribution in [1.82, 2.24) is 5.32 Å². The fraction of sp³-hybridized carbons (Fsp3) is 0.611. The van der Waals surface area contributed by atoms with Crippen LogP contribution in [0.2, 0.25) is 0 Å². The minimum atomic E-state index is -0.496. The third-order valence-corrected chi connectivity index (χ3v) is 4.56. The zero-order chi connectivity index (χ0) is 17.5. The lowest BCUT2D eigenvalue weighted by atomic mass is 9.81. The van der Waals surface area contributed by atoms with Gasteiger partial charge in [0.05, 0.1) is 25.2 Å². The third-order valence-electron chi connectivity index (χ3n) is 4.56. The van der Waals surface area contributed by atoms with Gasteiger partial charge in [0.15, 0.2) is 11.5 Å². The molecule has 3 N–H and O–H groups in total. The molecule has 1 rings (SSSR count). The van der Waals surface area contributed by atoms with Gasteiger partial charge in [-0.05, 0) is 44.4 Å². The molecule has 1 atom stereocenters. The lowest BCUT2D eigenvalue weighted by molar-refractivity contribution is -0.131. The summed E-state index contributed by atoms with van der Waals surface area (Å²) >= 11 is 0. The summed E-state index contributed by atoms with van der Waals surface area (Å²) < 4.78 is 10.9. The molecule has 6 heteroatoms. The fourth-order valence-corrected chi connectivity index (χ4v) is 2.61. The minimum Gasteiger partial charge on any atom is -0.493 e. The topological polar surface area (TPSA) is 73.6 Å². The van der Waals surface area contributed by atoms with E-state index in [2.05, 4.69) is 5.32 Å². The highest BCUT2D eigenvalue weighted by molar-refractivity contribution is 5.85. The molecule has 0 fully saturated rings. The maximum Gasteiger partial charge on any atom is 0.227 e. The van der Waals surface area contributed by atoms with Gasteiger partial charge in [-0.2, -0.15) is 0 Å². The molecule has 24 heavy (non-hydrogen) atoms. The fourth-order valence-electron chi connectivity index (χ4n) is 2.61. The van der Waals surface area contributed by atoms with Crippen LogP contribution in [0.4, 0.5) is 0 Å². The van der Waals surface area contributed by atoms with Gasteiger partial charge in [-0.1, -0.05) is 19.9 Å². The van der Waals surface area contributed by atoms with Gasteiger partial charge in [-0.25, -0.2) is 0 Å². The lowest BCUT2D eigenvalue weighted by Crippen LogP contribution is -2.46. The van der Waals surface area contributed by atoms with Crippen molar-refractivity contribution in [1.29, 1.82) is 0 Å². The second kappa shape index (κ2) is 10.4. The van der Waals surface area contributed by atoms with Crippen LogP contribution in [0.5, 0.6) is 11.5 Å². The van der Waals surface area contributed by atoms with E-state index in [-0.39, 0.29) is 24.4 Å². The largest absolute Gasteiger partial charge is 0.493 e. The molecule has 1 unspecified atom stereocenters. The van der Waals surface area contributed by atoms with Crippen LogP contribution in [0.15, 0.2) is 18.2 Å². The van der Waals surface area contributed by atoms with Crippen LogP contribution in [0.3, 0.4) is 0 Å². The molecule has 1 aromatic carbocycles. The average Bonchev–Trinajstić information content (AvgIpc) is 2.57. The molecule has 0 saturated carbocycles. The third kappa shape index (κ3) is 5.02. The zero-order valence-corrected chi connectivity index (χ0v) is 16.2. The maximum absolute atomic E-state index is 12.6. The van der Waals surface area contributed by atoms with Crippen LogP contribution in [0.1, 0.15) is 52.1 Å². The Morgan fingerprint density at radius 1 is 1.25 bits per heavy atom. The van der Waals surface area contributed by atoms with E-state index in [4.69, 9.17) is 15.2 Å². The van der Waals surface area contributed by atoms with E-state index in [0.717, 1.165) is 18.4 Å². The summed E-state index contributed by atoms with van der Waals surface area (Å²) in [5.41, 5.74) is 6.32. The second-order valence-electron chi connectivity index (χ2n) is 5.73. The number of carbonyl (C=O) groups is 1. The summed E-state index contributed by atoms with van der Waals surface area (Å²) in [7, 11) is 1.61. The quantitative estimate of drug-likeness (QED) is 0.709. The van der Waals surface area contributed by atoms with Gasteiger partial charge in [0, 0.05) is 6.54 Å². The number of rotatable bonds is 9.